The lowest BCUT2D eigenvalue weighted by Crippen LogP contribution is -2.34. The van der Waals surface area contributed by atoms with Gasteiger partial charge in [0, 0.05) is 30.8 Å². The minimum atomic E-state index is -0.0990. The Morgan fingerprint density at radius 1 is 0.946 bits per heavy atom. The number of amides is 2. The third-order valence-electron chi connectivity index (χ3n) is 6.41. The van der Waals surface area contributed by atoms with Gasteiger partial charge in [0.25, 0.3) is 5.91 Å². The summed E-state index contributed by atoms with van der Waals surface area (Å²) >= 11 is 0. The van der Waals surface area contributed by atoms with E-state index in [9.17, 15) is 9.59 Å². The van der Waals surface area contributed by atoms with E-state index in [0.717, 1.165) is 48.2 Å². The molecule has 0 aliphatic rings. The fourth-order valence-electron chi connectivity index (χ4n) is 4.48. The van der Waals surface area contributed by atoms with E-state index in [-0.39, 0.29) is 18.4 Å². The van der Waals surface area contributed by atoms with Crippen LogP contribution >= 0.6 is 0 Å². The van der Waals surface area contributed by atoms with E-state index in [1.165, 1.54) is 0 Å². The number of benzene rings is 3. The number of rotatable bonds is 12. The van der Waals surface area contributed by atoms with Crippen molar-refractivity contribution in [3.8, 4) is 5.75 Å². The Morgan fingerprint density at radius 2 is 1.73 bits per heavy atom. The van der Waals surface area contributed by atoms with Gasteiger partial charge in [-0.2, -0.15) is 0 Å². The summed E-state index contributed by atoms with van der Waals surface area (Å²) in [5.41, 5.74) is 3.37. The summed E-state index contributed by atoms with van der Waals surface area (Å²) in [6.07, 6.45) is 3.50. The number of nitrogens with zero attached hydrogens (tertiary/aromatic N) is 3. The zero-order valence-corrected chi connectivity index (χ0v) is 21.5. The molecule has 0 bridgehead atoms. The quantitative estimate of drug-likeness (QED) is 0.271. The largest absolute Gasteiger partial charge is 0.497 e. The highest BCUT2D eigenvalue weighted by molar-refractivity contribution is 5.95. The highest BCUT2D eigenvalue weighted by atomic mass is 16.5. The van der Waals surface area contributed by atoms with Gasteiger partial charge in [-0.3, -0.25) is 9.59 Å². The van der Waals surface area contributed by atoms with E-state index >= 15 is 0 Å². The molecule has 0 fully saturated rings. The molecular weight excluding hydrogens is 464 g/mol. The fraction of sp³-hybridized carbons (Fsp3) is 0.300. The molecule has 1 heterocycles. The number of imidazole rings is 1. The maximum Gasteiger partial charge on any atom is 0.251 e. The molecule has 4 aromatic rings. The van der Waals surface area contributed by atoms with Crippen molar-refractivity contribution in [2.45, 2.75) is 39.2 Å². The van der Waals surface area contributed by atoms with Gasteiger partial charge in [0.1, 0.15) is 18.1 Å². The molecule has 7 nitrogen and oxygen atoms in total. The second-order valence-electron chi connectivity index (χ2n) is 8.87. The van der Waals surface area contributed by atoms with Gasteiger partial charge in [-0.1, -0.05) is 42.8 Å². The first kappa shape index (κ1) is 25.9. The third-order valence-corrected chi connectivity index (χ3v) is 6.41. The Kier molecular flexibility index (Phi) is 8.92. The summed E-state index contributed by atoms with van der Waals surface area (Å²) in [5.74, 6) is 1.52. The number of unbranched alkanes of at least 4 members (excludes halogenated alkanes) is 2. The van der Waals surface area contributed by atoms with Crippen molar-refractivity contribution in [1.29, 1.82) is 0 Å². The highest BCUT2D eigenvalue weighted by Crippen LogP contribution is 2.20. The molecule has 7 heteroatoms. The molecule has 37 heavy (non-hydrogen) atoms. The standard InChI is InChI=1S/C30H34N4O3/c1-3-33(24-14-6-4-7-15-24)29(35)22-34-27-18-10-9-17-26(27)32-28(34)19-8-5-11-20-31-30(36)23-13-12-16-25(21-23)37-2/h4,6-7,9-10,12-18,21H,3,5,8,11,19-20,22H2,1-2H3,(H,31,36). The summed E-state index contributed by atoms with van der Waals surface area (Å²) < 4.78 is 7.24. The molecule has 192 valence electrons. The predicted molar refractivity (Wildman–Crippen MR) is 147 cm³/mol. The maximum atomic E-state index is 13.3. The molecule has 0 aliphatic heterocycles. The number of carbonyl (C=O) groups excluding carboxylic acids is 2. The molecule has 0 unspecified atom stereocenters. The fourth-order valence-corrected chi connectivity index (χ4v) is 4.48. The molecule has 0 spiro atoms. The number of carbonyl (C=O) groups is 2. The Balaban J connectivity index is 1.34. The van der Waals surface area contributed by atoms with Crippen LogP contribution in [0.3, 0.4) is 0 Å². The van der Waals surface area contributed by atoms with Gasteiger partial charge >= 0.3 is 0 Å². The lowest BCUT2D eigenvalue weighted by molar-refractivity contribution is -0.119. The molecule has 2 amide bonds. The van der Waals surface area contributed by atoms with E-state index < -0.39 is 0 Å². The van der Waals surface area contributed by atoms with Crippen LogP contribution < -0.4 is 15.0 Å². The first-order chi connectivity index (χ1) is 18.1. The smallest absolute Gasteiger partial charge is 0.251 e. The molecule has 0 radical (unpaired) electrons. The van der Waals surface area contributed by atoms with Crippen LogP contribution in [0.5, 0.6) is 5.75 Å². The van der Waals surface area contributed by atoms with Crippen LogP contribution in [-0.4, -0.2) is 41.6 Å². The van der Waals surface area contributed by atoms with Crippen LogP contribution in [0, 0.1) is 0 Å². The summed E-state index contributed by atoms with van der Waals surface area (Å²) in [5, 5.41) is 2.98. The van der Waals surface area contributed by atoms with Crippen LogP contribution in [0.1, 0.15) is 42.4 Å². The van der Waals surface area contributed by atoms with E-state index in [2.05, 4.69) is 5.32 Å². The highest BCUT2D eigenvalue weighted by Gasteiger charge is 2.18. The molecule has 1 aromatic heterocycles. The number of para-hydroxylation sites is 3. The Hall–Kier alpha value is -4.13. The lowest BCUT2D eigenvalue weighted by atomic mass is 10.1. The second kappa shape index (κ2) is 12.7. The zero-order chi connectivity index (χ0) is 26.0. The average Bonchev–Trinajstić information content (AvgIpc) is 3.28. The van der Waals surface area contributed by atoms with Crippen LogP contribution in [-0.2, 0) is 17.8 Å². The molecule has 0 saturated heterocycles. The molecule has 4 rings (SSSR count). The van der Waals surface area contributed by atoms with Crippen molar-refractivity contribution < 1.29 is 14.3 Å². The van der Waals surface area contributed by atoms with Crippen LogP contribution in [0.25, 0.3) is 11.0 Å². The molecule has 3 aromatic carbocycles. The van der Waals surface area contributed by atoms with Crippen LogP contribution in [0.15, 0.2) is 78.9 Å². The number of nitrogens with one attached hydrogen (secondary N) is 1. The maximum absolute atomic E-state index is 13.3. The van der Waals surface area contributed by atoms with Crippen molar-refractivity contribution in [2.24, 2.45) is 0 Å². The van der Waals surface area contributed by atoms with Crippen molar-refractivity contribution >= 4 is 28.5 Å². The minimum Gasteiger partial charge on any atom is -0.497 e. The van der Waals surface area contributed by atoms with Gasteiger partial charge in [0.05, 0.1) is 18.1 Å². The first-order valence-electron chi connectivity index (χ1n) is 12.8. The lowest BCUT2D eigenvalue weighted by Gasteiger charge is -2.22. The molecule has 1 N–H and O–H groups in total. The summed E-state index contributed by atoms with van der Waals surface area (Å²) in [7, 11) is 1.59. The number of methoxy groups -OCH3 is 1. The number of aromatic nitrogens is 2. The van der Waals surface area contributed by atoms with Gasteiger partial charge in [0.15, 0.2) is 0 Å². The van der Waals surface area contributed by atoms with Crippen LogP contribution in [0.2, 0.25) is 0 Å². The van der Waals surface area contributed by atoms with Gasteiger partial charge < -0.3 is 19.5 Å². The zero-order valence-electron chi connectivity index (χ0n) is 21.5. The van der Waals surface area contributed by atoms with Gasteiger partial charge in [-0.25, -0.2) is 4.98 Å². The Labute approximate surface area is 218 Å². The number of likely N-dealkylation sites (N-methyl/N-ethyl adjacent to an activating group) is 1. The van der Waals surface area contributed by atoms with E-state index in [4.69, 9.17) is 9.72 Å². The summed E-state index contributed by atoms with van der Waals surface area (Å²) in [6.45, 7) is 3.44. The predicted octanol–water partition coefficient (Wildman–Crippen LogP) is 5.24. The monoisotopic (exact) mass is 498 g/mol. The Bertz CT molecular complexity index is 1330. The first-order valence-corrected chi connectivity index (χ1v) is 12.8. The third kappa shape index (κ3) is 6.55. The minimum absolute atomic E-state index is 0.0401. The number of fused-ring (bicyclic) bond motifs is 1. The van der Waals surface area contributed by atoms with Crippen molar-refractivity contribution in [3.05, 3.63) is 90.3 Å². The van der Waals surface area contributed by atoms with Crippen molar-refractivity contribution in [3.63, 3.8) is 0 Å². The molecule has 0 atom stereocenters. The molecule has 0 aliphatic carbocycles. The number of anilines is 1. The topological polar surface area (TPSA) is 76.5 Å². The molecular formula is C30H34N4O3. The van der Waals surface area contributed by atoms with Crippen molar-refractivity contribution in [2.75, 3.05) is 25.1 Å². The van der Waals surface area contributed by atoms with Gasteiger partial charge in [0.2, 0.25) is 5.91 Å². The SMILES string of the molecule is CCN(C(=O)Cn1c(CCCCCNC(=O)c2cccc(OC)c2)nc2ccccc21)c1ccccc1. The molecule has 0 saturated carbocycles. The van der Waals surface area contributed by atoms with Crippen LogP contribution in [0.4, 0.5) is 5.69 Å². The summed E-state index contributed by atoms with van der Waals surface area (Å²) in [6, 6.07) is 24.9. The van der Waals surface area contributed by atoms with Gasteiger partial charge in [-0.15, -0.1) is 0 Å². The van der Waals surface area contributed by atoms with E-state index in [1.807, 2.05) is 83.1 Å². The Morgan fingerprint density at radius 3 is 2.51 bits per heavy atom. The second-order valence-corrected chi connectivity index (χ2v) is 8.87. The van der Waals surface area contributed by atoms with Gasteiger partial charge in [-0.05, 0) is 62.2 Å². The number of hydrogen-bond donors (Lipinski definition) is 1. The van der Waals surface area contributed by atoms with Crippen molar-refractivity contribution in [1.82, 2.24) is 14.9 Å². The van der Waals surface area contributed by atoms with E-state index in [1.54, 1.807) is 19.2 Å². The average molecular weight is 499 g/mol. The number of aryl methyl sites for hydroxylation is 1. The summed E-state index contributed by atoms with van der Waals surface area (Å²) in [4.78, 5) is 32.3. The number of hydrogen-bond acceptors (Lipinski definition) is 4. The normalized spacial score (nSPS) is 10.9. The number of ether oxygens (including phenoxy) is 1. The van der Waals surface area contributed by atoms with E-state index in [0.29, 0.717) is 24.4 Å².